The van der Waals surface area contributed by atoms with Crippen LogP contribution in [-0.2, 0) is 9.47 Å². The summed E-state index contributed by atoms with van der Waals surface area (Å²) in [6.07, 6.45) is 4.47. The van der Waals surface area contributed by atoms with Crippen LogP contribution in [0.3, 0.4) is 0 Å². The van der Waals surface area contributed by atoms with Crippen molar-refractivity contribution in [3.8, 4) is 6.07 Å². The molecule has 0 aromatic carbocycles. The molecule has 0 spiro atoms. The van der Waals surface area contributed by atoms with E-state index in [-0.39, 0.29) is 12.1 Å². The summed E-state index contributed by atoms with van der Waals surface area (Å²) in [5, 5.41) is 22.3. The molecule has 4 aliphatic carbocycles. The molecule has 3 atom stereocenters. The van der Waals surface area contributed by atoms with Crippen LogP contribution in [0.5, 0.6) is 0 Å². The summed E-state index contributed by atoms with van der Waals surface area (Å²) in [5.41, 5.74) is 2.30. The number of imidazole rings is 1. The molecule has 1 amide bonds. The number of amides is 1. The summed E-state index contributed by atoms with van der Waals surface area (Å²) >= 11 is 0. The fraction of sp³-hybridized carbons (Fsp3) is 0.522. The molecule has 12 heteroatoms. The van der Waals surface area contributed by atoms with E-state index in [1.807, 2.05) is 0 Å². The van der Waals surface area contributed by atoms with E-state index in [4.69, 9.17) is 9.47 Å². The van der Waals surface area contributed by atoms with E-state index in [0.29, 0.717) is 34.7 Å². The minimum Gasteiger partial charge on any atom is -0.441 e. The second-order valence-electron chi connectivity index (χ2n) is 10.1. The lowest BCUT2D eigenvalue weighted by Gasteiger charge is -2.61. The lowest BCUT2D eigenvalue weighted by molar-refractivity contribution is -0.0528. The van der Waals surface area contributed by atoms with Crippen molar-refractivity contribution in [1.29, 1.82) is 5.26 Å². The van der Waals surface area contributed by atoms with Crippen LogP contribution in [0.1, 0.15) is 61.1 Å². The van der Waals surface area contributed by atoms with Crippen molar-refractivity contribution in [2.24, 2.45) is 5.92 Å². The van der Waals surface area contributed by atoms with Gasteiger partial charge in [0.15, 0.2) is 23.8 Å². The Kier molecular flexibility index (Phi) is 4.36. The van der Waals surface area contributed by atoms with Crippen LogP contribution < -0.4 is 10.6 Å². The molecule has 1 saturated heterocycles. The number of carbonyl (C=O) groups excluding carboxylic acids is 1. The predicted molar refractivity (Wildman–Crippen MR) is 119 cm³/mol. The molecule has 8 rings (SSSR count). The zero-order valence-corrected chi connectivity index (χ0v) is 18.7. The van der Waals surface area contributed by atoms with Crippen molar-refractivity contribution in [1.82, 2.24) is 29.9 Å². The third-order valence-corrected chi connectivity index (χ3v) is 7.54. The van der Waals surface area contributed by atoms with Crippen LogP contribution in [0, 0.1) is 17.2 Å². The molecular formula is C23H23FN8O3. The summed E-state index contributed by atoms with van der Waals surface area (Å²) < 4.78 is 27.8. The molecule has 5 fully saturated rings. The normalized spacial score (nSPS) is 30.9. The molecule has 0 radical (unpaired) electrons. The van der Waals surface area contributed by atoms with Crippen LogP contribution >= 0.6 is 0 Å². The molecule has 35 heavy (non-hydrogen) atoms. The molecule has 5 aliphatic rings. The minimum absolute atomic E-state index is 0.0343. The summed E-state index contributed by atoms with van der Waals surface area (Å²) in [4.78, 5) is 21.1. The highest BCUT2D eigenvalue weighted by Crippen LogP contribution is 2.57. The van der Waals surface area contributed by atoms with Gasteiger partial charge in [-0.05, 0) is 43.9 Å². The second-order valence-corrected chi connectivity index (χ2v) is 10.1. The summed E-state index contributed by atoms with van der Waals surface area (Å²) in [6, 6.07) is 3.70. The number of halogens is 1. The Hall–Kier alpha value is -3.72. The van der Waals surface area contributed by atoms with Crippen LogP contribution in [0.15, 0.2) is 18.5 Å². The van der Waals surface area contributed by atoms with Gasteiger partial charge in [-0.25, -0.2) is 19.2 Å². The van der Waals surface area contributed by atoms with Gasteiger partial charge in [-0.2, -0.15) is 10.4 Å². The minimum atomic E-state index is -1.53. The van der Waals surface area contributed by atoms with E-state index in [2.05, 4.69) is 36.9 Å². The fourth-order valence-electron chi connectivity index (χ4n) is 5.44. The number of aromatic nitrogens is 5. The first kappa shape index (κ1) is 20.6. The first-order chi connectivity index (χ1) is 17.0. The van der Waals surface area contributed by atoms with Gasteiger partial charge in [-0.15, -0.1) is 0 Å². The number of hydrogen-bond acceptors (Lipinski definition) is 8. The van der Waals surface area contributed by atoms with Crippen molar-refractivity contribution in [2.45, 2.75) is 61.9 Å². The van der Waals surface area contributed by atoms with Crippen LogP contribution in [0.4, 0.5) is 21.0 Å². The molecule has 3 aromatic rings. The van der Waals surface area contributed by atoms with Crippen molar-refractivity contribution in [3.63, 3.8) is 0 Å². The van der Waals surface area contributed by atoms with E-state index >= 15 is 4.39 Å². The molecule has 2 bridgehead atoms. The highest BCUT2D eigenvalue weighted by atomic mass is 19.1. The lowest BCUT2D eigenvalue weighted by Crippen LogP contribution is -2.68. The smallest absolute Gasteiger partial charge is 0.408 e. The first-order valence-electron chi connectivity index (χ1n) is 11.9. The number of hydrogen-bond donors (Lipinski definition) is 3. The van der Waals surface area contributed by atoms with Crippen molar-refractivity contribution < 1.29 is 18.7 Å². The Morgan fingerprint density at radius 3 is 2.91 bits per heavy atom. The Morgan fingerprint density at radius 1 is 1.37 bits per heavy atom. The van der Waals surface area contributed by atoms with E-state index in [1.54, 1.807) is 22.9 Å². The van der Waals surface area contributed by atoms with Gasteiger partial charge in [-0.3, -0.25) is 9.50 Å². The molecule has 3 aromatic heterocycles. The number of anilines is 2. The third-order valence-electron chi connectivity index (χ3n) is 7.54. The van der Waals surface area contributed by atoms with Gasteiger partial charge < -0.3 is 20.1 Å². The zero-order valence-electron chi connectivity index (χ0n) is 18.7. The van der Waals surface area contributed by atoms with Gasteiger partial charge in [0.25, 0.3) is 0 Å². The average Bonchev–Trinajstić information content (AvgIpc) is 3.20. The first-order valence-corrected chi connectivity index (χ1v) is 11.9. The van der Waals surface area contributed by atoms with Crippen molar-refractivity contribution in [2.75, 3.05) is 11.9 Å². The van der Waals surface area contributed by atoms with E-state index in [0.717, 1.165) is 43.6 Å². The number of nitrogens with one attached hydrogen (secondary N) is 3. The number of H-pyrrole nitrogens is 1. The molecule has 11 nitrogen and oxygen atoms in total. The number of alkyl halides is 1. The van der Waals surface area contributed by atoms with Gasteiger partial charge in [0.05, 0.1) is 18.5 Å². The zero-order chi connectivity index (χ0) is 23.7. The molecular weight excluding hydrogens is 455 g/mol. The number of rotatable bonds is 6. The lowest BCUT2D eigenvalue weighted by atomic mass is 9.50. The number of nitrogens with zero attached hydrogens (tertiary/aromatic N) is 5. The molecule has 4 heterocycles. The van der Waals surface area contributed by atoms with Crippen LogP contribution in [0.25, 0.3) is 5.65 Å². The SMILES string of the molecule is N#Cc1cn2c(Nc3cc([C@@H]4OC[C@H](OC(=O)NC56CC(C5)C6)[C@H]4F)[nH]n3)ncc(C3CC3)c2n1. The Balaban J connectivity index is 1.04. The molecule has 3 N–H and O–H groups in total. The third kappa shape index (κ3) is 3.41. The van der Waals surface area contributed by atoms with Gasteiger partial charge in [0.1, 0.15) is 17.8 Å². The number of fused-ring (bicyclic) bond motifs is 1. The summed E-state index contributed by atoms with van der Waals surface area (Å²) in [5.74, 6) is 1.98. The Morgan fingerprint density at radius 2 is 2.20 bits per heavy atom. The Labute approximate surface area is 199 Å². The van der Waals surface area contributed by atoms with Crippen LogP contribution in [-0.4, -0.2) is 55.1 Å². The second kappa shape index (κ2) is 7.39. The Bertz CT molecular complexity index is 1360. The molecule has 0 unspecified atom stereocenters. The highest BCUT2D eigenvalue weighted by molar-refractivity contribution is 5.69. The summed E-state index contributed by atoms with van der Waals surface area (Å²) in [7, 11) is 0. The molecule has 1 aliphatic heterocycles. The predicted octanol–water partition coefficient (Wildman–Crippen LogP) is 3.00. The molecule has 4 saturated carbocycles. The van der Waals surface area contributed by atoms with Gasteiger partial charge >= 0.3 is 6.09 Å². The number of alkyl carbamates (subject to hydrolysis) is 1. The van der Waals surface area contributed by atoms with Gasteiger partial charge in [0, 0.05) is 23.4 Å². The average molecular weight is 478 g/mol. The standard InChI is InChI=1S/C23H23FN8O3/c24-18-16(35-22(33)29-23-4-11(5-23)6-23)10-34-19(18)15-3-17(31-30-15)28-21-26-8-14(12-1-2-12)20-27-13(7-25)9-32(20)21/h3,8-9,11-12,16,18-19H,1-2,4-6,10H2,(H,29,33)(H2,26,28,30,31)/t11?,16-,18+,19-,23?/m0/s1. The number of nitriles is 1. The topological polar surface area (TPSA) is 142 Å². The van der Waals surface area contributed by atoms with Gasteiger partial charge in [-0.1, -0.05) is 0 Å². The fourth-order valence-corrected chi connectivity index (χ4v) is 5.44. The largest absolute Gasteiger partial charge is 0.441 e. The van der Waals surface area contributed by atoms with E-state index in [1.165, 1.54) is 0 Å². The van der Waals surface area contributed by atoms with E-state index < -0.39 is 24.5 Å². The van der Waals surface area contributed by atoms with Gasteiger partial charge in [0.2, 0.25) is 5.95 Å². The molecule has 180 valence electrons. The number of ether oxygens (including phenoxy) is 2. The maximum atomic E-state index is 15.1. The maximum Gasteiger partial charge on any atom is 0.408 e. The highest BCUT2D eigenvalue weighted by Gasteiger charge is 2.58. The summed E-state index contributed by atoms with van der Waals surface area (Å²) in [6.45, 7) is -0.0343. The van der Waals surface area contributed by atoms with Crippen molar-refractivity contribution >= 4 is 23.5 Å². The number of carbonyl (C=O) groups is 1. The maximum absolute atomic E-state index is 15.1. The quantitative estimate of drug-likeness (QED) is 0.491. The monoisotopic (exact) mass is 478 g/mol. The van der Waals surface area contributed by atoms with Crippen LogP contribution in [0.2, 0.25) is 0 Å². The van der Waals surface area contributed by atoms with Crippen molar-refractivity contribution in [3.05, 3.63) is 35.4 Å². The van der Waals surface area contributed by atoms with E-state index in [9.17, 15) is 10.1 Å². The number of aromatic amines is 1.